The minimum Gasteiger partial charge on any atom is -1.00 e. The minimum absolute atomic E-state index is 0. The molecule has 1 aliphatic rings. The second-order valence-corrected chi connectivity index (χ2v) is 8.58. The van der Waals surface area contributed by atoms with Crippen LogP contribution in [-0.2, 0) is 4.79 Å². The van der Waals surface area contributed by atoms with E-state index in [9.17, 15) is 9.90 Å². The van der Waals surface area contributed by atoms with Gasteiger partial charge in [0.25, 0.3) is 0 Å². The molecule has 1 aliphatic heterocycles. The summed E-state index contributed by atoms with van der Waals surface area (Å²) in [6, 6.07) is 4.36. The van der Waals surface area contributed by atoms with Crippen molar-refractivity contribution in [1.82, 2.24) is 4.90 Å². The number of carbonyl (C=O) groups is 1. The Morgan fingerprint density at radius 2 is 1.85 bits per heavy atom. The number of carboxylic acids is 1. The number of hydrogen-bond acceptors (Lipinski definition) is 4. The Hall–Kier alpha value is -1.14. The van der Waals surface area contributed by atoms with E-state index in [-0.39, 0.29) is 18.3 Å². The standard InChI is InChI=1S/C20H25NO2S2.ClH/c1-14-7-11-24-18(14)17(19-15(2)8-12-25-19)6-4-10-21-9-3-5-16(13-21)20(22)23;/h6-8,11-12,16H,3-5,9-10,13H2,1-2H3,(H,22,23);1H/p-1/t16-;/m1./s1. The zero-order chi connectivity index (χ0) is 17.8. The molecule has 0 radical (unpaired) electrons. The highest BCUT2D eigenvalue weighted by molar-refractivity contribution is 7.14. The van der Waals surface area contributed by atoms with Crippen molar-refractivity contribution in [1.29, 1.82) is 0 Å². The van der Waals surface area contributed by atoms with E-state index in [2.05, 4.69) is 47.7 Å². The van der Waals surface area contributed by atoms with Gasteiger partial charge in [-0.1, -0.05) is 6.08 Å². The van der Waals surface area contributed by atoms with Crippen molar-refractivity contribution in [3.8, 4) is 0 Å². The maximum Gasteiger partial charge on any atom is 0.307 e. The average molecular weight is 411 g/mol. The number of nitrogens with zero attached hydrogens (tertiary/aromatic N) is 1. The monoisotopic (exact) mass is 410 g/mol. The first-order valence-corrected chi connectivity index (χ1v) is 10.6. The summed E-state index contributed by atoms with van der Waals surface area (Å²) in [5.74, 6) is -0.847. The van der Waals surface area contributed by atoms with Crippen LogP contribution in [0.1, 0.15) is 40.1 Å². The van der Waals surface area contributed by atoms with Crippen molar-refractivity contribution in [2.45, 2.75) is 33.1 Å². The van der Waals surface area contributed by atoms with E-state index in [4.69, 9.17) is 0 Å². The number of carboxylic acid groups (broad SMARTS) is 1. The van der Waals surface area contributed by atoms with Gasteiger partial charge in [-0.25, -0.2) is 0 Å². The Morgan fingerprint density at radius 1 is 1.23 bits per heavy atom. The highest BCUT2D eigenvalue weighted by Crippen LogP contribution is 2.35. The molecule has 1 N–H and O–H groups in total. The Morgan fingerprint density at radius 3 is 2.35 bits per heavy atom. The molecule has 1 fully saturated rings. The molecule has 0 bridgehead atoms. The molecule has 0 unspecified atom stereocenters. The lowest BCUT2D eigenvalue weighted by molar-refractivity contribution is -0.143. The summed E-state index contributed by atoms with van der Waals surface area (Å²) in [5, 5.41) is 13.6. The van der Waals surface area contributed by atoms with Crippen molar-refractivity contribution in [3.63, 3.8) is 0 Å². The Labute approximate surface area is 169 Å². The SMILES string of the molecule is Cc1ccsc1C(=CCCN1CCC[C@@H](C(=O)O)C1)c1sccc1C.[Cl-]. The second-order valence-electron chi connectivity index (χ2n) is 6.75. The number of hydrogen-bond donors (Lipinski definition) is 1. The summed E-state index contributed by atoms with van der Waals surface area (Å²) in [6.07, 6.45) is 5.11. The van der Waals surface area contributed by atoms with Crippen molar-refractivity contribution in [2.75, 3.05) is 19.6 Å². The molecule has 26 heavy (non-hydrogen) atoms. The van der Waals surface area contributed by atoms with Gasteiger partial charge in [-0.05, 0) is 73.7 Å². The molecule has 6 heteroatoms. The van der Waals surface area contributed by atoms with Gasteiger partial charge in [0.1, 0.15) is 0 Å². The van der Waals surface area contributed by atoms with Crippen LogP contribution in [-0.4, -0.2) is 35.6 Å². The fraction of sp³-hybridized carbons (Fsp3) is 0.450. The first-order valence-electron chi connectivity index (χ1n) is 8.80. The fourth-order valence-corrected chi connectivity index (χ4v) is 5.45. The molecular formula is C20H25ClNO2S2-. The molecule has 0 spiro atoms. The second kappa shape index (κ2) is 9.70. The summed E-state index contributed by atoms with van der Waals surface area (Å²) < 4.78 is 0. The molecule has 3 heterocycles. The summed E-state index contributed by atoms with van der Waals surface area (Å²) in [6.45, 7) is 6.98. The van der Waals surface area contributed by atoms with Gasteiger partial charge in [-0.3, -0.25) is 4.79 Å². The largest absolute Gasteiger partial charge is 1.00 e. The van der Waals surface area contributed by atoms with Crippen molar-refractivity contribution >= 4 is 34.2 Å². The van der Waals surface area contributed by atoms with Crippen molar-refractivity contribution in [2.24, 2.45) is 5.92 Å². The number of aliphatic carboxylic acids is 1. The molecule has 0 aliphatic carbocycles. The van der Waals surface area contributed by atoms with Gasteiger partial charge in [0, 0.05) is 28.4 Å². The van der Waals surface area contributed by atoms with Gasteiger partial charge in [0.15, 0.2) is 0 Å². The lowest BCUT2D eigenvalue weighted by Crippen LogP contribution is -3.00. The van der Waals surface area contributed by atoms with Crippen LogP contribution in [0.3, 0.4) is 0 Å². The van der Waals surface area contributed by atoms with Crippen LogP contribution in [0.4, 0.5) is 0 Å². The van der Waals surface area contributed by atoms with Crippen molar-refractivity contribution < 1.29 is 22.3 Å². The van der Waals surface area contributed by atoms with E-state index in [0.717, 1.165) is 32.4 Å². The summed E-state index contributed by atoms with van der Waals surface area (Å²) in [4.78, 5) is 16.2. The number of piperidine rings is 1. The minimum atomic E-state index is -0.649. The number of likely N-dealkylation sites (tertiary alicyclic amines) is 1. The molecule has 3 nitrogen and oxygen atoms in total. The van der Waals surface area contributed by atoms with E-state index in [0.29, 0.717) is 6.54 Å². The molecule has 2 aromatic rings. The molecule has 142 valence electrons. The lowest BCUT2D eigenvalue weighted by Gasteiger charge is -2.30. The first-order chi connectivity index (χ1) is 12.1. The molecular weight excluding hydrogens is 386 g/mol. The smallest absolute Gasteiger partial charge is 0.307 e. The van der Waals surface area contributed by atoms with Gasteiger partial charge >= 0.3 is 5.97 Å². The number of halogens is 1. The lowest BCUT2D eigenvalue weighted by atomic mass is 9.98. The van der Waals surface area contributed by atoms with Crippen molar-refractivity contribution in [3.05, 3.63) is 49.9 Å². The highest BCUT2D eigenvalue weighted by atomic mass is 35.5. The van der Waals surface area contributed by atoms with E-state index < -0.39 is 5.97 Å². The average Bonchev–Trinajstić information content (AvgIpc) is 3.21. The van der Waals surface area contributed by atoms with Gasteiger partial charge in [0.2, 0.25) is 0 Å². The molecule has 0 amide bonds. The van der Waals surface area contributed by atoms with Crippen LogP contribution in [0.25, 0.3) is 5.57 Å². The molecule has 1 saturated heterocycles. The third-order valence-corrected chi connectivity index (χ3v) is 6.96. The zero-order valence-corrected chi connectivity index (χ0v) is 17.6. The maximum atomic E-state index is 11.2. The molecule has 0 saturated carbocycles. The molecule has 3 rings (SSSR count). The quantitative estimate of drug-likeness (QED) is 0.792. The Kier molecular flexibility index (Phi) is 7.89. The van der Waals surface area contributed by atoms with Gasteiger partial charge in [0.05, 0.1) is 5.92 Å². The summed E-state index contributed by atoms with van der Waals surface area (Å²) in [7, 11) is 0. The molecule has 1 atom stereocenters. The van der Waals surface area contributed by atoms with E-state index in [1.807, 2.05) is 0 Å². The maximum absolute atomic E-state index is 11.2. The van der Waals surface area contributed by atoms with Crippen LogP contribution >= 0.6 is 22.7 Å². The van der Waals surface area contributed by atoms with Crippen LogP contribution < -0.4 is 12.4 Å². The Balaban J connectivity index is 0.00000243. The number of thiophene rings is 2. The molecule has 0 aromatic carbocycles. The predicted molar refractivity (Wildman–Crippen MR) is 107 cm³/mol. The third kappa shape index (κ3) is 4.97. The topological polar surface area (TPSA) is 40.5 Å². The van der Waals surface area contributed by atoms with Gasteiger partial charge < -0.3 is 22.4 Å². The predicted octanol–water partition coefficient (Wildman–Crippen LogP) is 2.05. The number of aryl methyl sites for hydroxylation is 2. The van der Waals surface area contributed by atoms with Gasteiger partial charge in [-0.2, -0.15) is 0 Å². The fourth-order valence-electron chi connectivity index (χ4n) is 3.44. The first kappa shape index (κ1) is 21.2. The van der Waals surface area contributed by atoms with Crippen LogP contribution in [0, 0.1) is 19.8 Å². The summed E-state index contributed by atoms with van der Waals surface area (Å²) in [5.41, 5.74) is 3.99. The highest BCUT2D eigenvalue weighted by Gasteiger charge is 2.24. The zero-order valence-electron chi connectivity index (χ0n) is 15.2. The van der Waals surface area contributed by atoms with E-state index >= 15 is 0 Å². The Bertz CT molecular complexity index is 723. The van der Waals surface area contributed by atoms with E-state index in [1.54, 1.807) is 22.7 Å². The van der Waals surface area contributed by atoms with Gasteiger partial charge in [-0.15, -0.1) is 22.7 Å². The number of rotatable bonds is 6. The normalized spacial score (nSPS) is 17.5. The van der Waals surface area contributed by atoms with Crippen LogP contribution in [0.15, 0.2) is 29.0 Å². The summed E-state index contributed by atoms with van der Waals surface area (Å²) >= 11 is 3.60. The van der Waals surface area contributed by atoms with Crippen LogP contribution in [0.2, 0.25) is 0 Å². The third-order valence-electron chi connectivity index (χ3n) is 4.86. The van der Waals surface area contributed by atoms with E-state index in [1.165, 1.54) is 26.5 Å². The van der Waals surface area contributed by atoms with Crippen LogP contribution in [0.5, 0.6) is 0 Å². The molecule has 2 aromatic heterocycles.